The highest BCUT2D eigenvalue weighted by atomic mass is 16.5. The highest BCUT2D eigenvalue weighted by molar-refractivity contribution is 5.78. The molecule has 2 aliphatic heterocycles. The molecular formula is C12H23N3O. The van der Waals surface area contributed by atoms with Crippen LogP contribution in [0.3, 0.4) is 0 Å². The Morgan fingerprint density at radius 2 is 2.06 bits per heavy atom. The van der Waals surface area contributed by atoms with Gasteiger partial charge in [-0.05, 0) is 39.0 Å². The van der Waals surface area contributed by atoms with E-state index < -0.39 is 0 Å². The molecular weight excluding hydrogens is 202 g/mol. The molecule has 4 nitrogen and oxygen atoms in total. The van der Waals surface area contributed by atoms with Crippen molar-refractivity contribution in [1.82, 2.24) is 4.90 Å². The Bertz CT molecular complexity index is 253. The lowest BCUT2D eigenvalue weighted by Crippen LogP contribution is -2.42. The van der Waals surface area contributed by atoms with E-state index in [0.29, 0.717) is 12.5 Å². The highest BCUT2D eigenvalue weighted by Gasteiger charge is 2.29. The third-order valence-corrected chi connectivity index (χ3v) is 3.56. The molecule has 0 radical (unpaired) electrons. The van der Waals surface area contributed by atoms with Gasteiger partial charge in [-0.25, -0.2) is 0 Å². The molecule has 2 saturated heterocycles. The van der Waals surface area contributed by atoms with Crippen molar-refractivity contribution in [2.75, 3.05) is 26.2 Å². The second kappa shape index (κ2) is 5.04. The van der Waals surface area contributed by atoms with Crippen LogP contribution in [0.1, 0.15) is 39.0 Å². The zero-order valence-electron chi connectivity index (χ0n) is 10.2. The lowest BCUT2D eigenvalue weighted by atomic mass is 10.0. The number of hydrogen-bond donors (Lipinski definition) is 1. The first-order chi connectivity index (χ1) is 7.70. The third-order valence-electron chi connectivity index (χ3n) is 3.56. The standard InChI is InChI=1S/C12H23N3O/c1-12(6-5-9-16-12)10-14-11(13)15-7-3-2-4-8-15/h2-10H2,1H3,(H2,13,14). The summed E-state index contributed by atoms with van der Waals surface area (Å²) in [7, 11) is 0. The fourth-order valence-corrected chi connectivity index (χ4v) is 2.43. The lowest BCUT2D eigenvalue weighted by molar-refractivity contribution is 0.0282. The molecule has 0 aromatic heterocycles. The average molecular weight is 225 g/mol. The SMILES string of the molecule is CC1(CN=C(N)N2CCCCC2)CCCO1. The molecule has 0 bridgehead atoms. The highest BCUT2D eigenvalue weighted by Crippen LogP contribution is 2.25. The first-order valence-electron chi connectivity index (χ1n) is 6.38. The summed E-state index contributed by atoms with van der Waals surface area (Å²) in [5.74, 6) is 0.705. The summed E-state index contributed by atoms with van der Waals surface area (Å²) in [6.07, 6.45) is 6.05. The quantitative estimate of drug-likeness (QED) is 0.570. The fourth-order valence-electron chi connectivity index (χ4n) is 2.43. The number of nitrogens with two attached hydrogens (primary N) is 1. The maximum absolute atomic E-state index is 6.01. The van der Waals surface area contributed by atoms with Gasteiger partial charge in [0.25, 0.3) is 0 Å². The van der Waals surface area contributed by atoms with Crippen LogP contribution in [0.5, 0.6) is 0 Å². The van der Waals surface area contributed by atoms with E-state index in [4.69, 9.17) is 10.5 Å². The molecule has 0 spiro atoms. The summed E-state index contributed by atoms with van der Waals surface area (Å²) in [5.41, 5.74) is 5.94. The van der Waals surface area contributed by atoms with E-state index in [-0.39, 0.29) is 5.60 Å². The van der Waals surface area contributed by atoms with Gasteiger partial charge in [0.2, 0.25) is 0 Å². The third kappa shape index (κ3) is 2.88. The molecule has 1 atom stereocenters. The number of ether oxygens (including phenoxy) is 1. The molecule has 0 amide bonds. The fraction of sp³-hybridized carbons (Fsp3) is 0.917. The number of piperidine rings is 1. The van der Waals surface area contributed by atoms with Crippen LogP contribution in [-0.2, 0) is 4.74 Å². The molecule has 2 rings (SSSR count). The molecule has 0 aromatic rings. The second-order valence-electron chi connectivity index (χ2n) is 5.12. The Hall–Kier alpha value is -0.770. The maximum atomic E-state index is 6.01. The normalized spacial score (nSPS) is 32.1. The minimum absolute atomic E-state index is 0.0690. The summed E-state index contributed by atoms with van der Waals surface area (Å²) in [4.78, 5) is 6.69. The average Bonchev–Trinajstić information content (AvgIpc) is 2.75. The number of rotatable bonds is 2. The van der Waals surface area contributed by atoms with E-state index in [2.05, 4.69) is 16.8 Å². The molecule has 16 heavy (non-hydrogen) atoms. The minimum Gasteiger partial charge on any atom is -0.373 e. The second-order valence-corrected chi connectivity index (χ2v) is 5.12. The smallest absolute Gasteiger partial charge is 0.191 e. The topological polar surface area (TPSA) is 50.8 Å². The molecule has 1 unspecified atom stereocenters. The van der Waals surface area contributed by atoms with E-state index in [1.807, 2.05) is 0 Å². The molecule has 4 heteroatoms. The first kappa shape index (κ1) is 11.7. The van der Waals surface area contributed by atoms with E-state index in [1.165, 1.54) is 19.3 Å². The van der Waals surface area contributed by atoms with Crippen LogP contribution >= 0.6 is 0 Å². The van der Waals surface area contributed by atoms with Crippen LogP contribution in [0.2, 0.25) is 0 Å². The molecule has 2 aliphatic rings. The molecule has 0 aliphatic carbocycles. The van der Waals surface area contributed by atoms with Gasteiger partial charge in [-0.15, -0.1) is 0 Å². The number of guanidine groups is 1. The zero-order chi connectivity index (χ0) is 11.4. The largest absolute Gasteiger partial charge is 0.373 e. The van der Waals surface area contributed by atoms with Crippen molar-refractivity contribution in [2.24, 2.45) is 10.7 Å². The van der Waals surface area contributed by atoms with Crippen molar-refractivity contribution >= 4 is 5.96 Å². The number of nitrogens with zero attached hydrogens (tertiary/aromatic N) is 2. The van der Waals surface area contributed by atoms with Crippen LogP contribution in [0.25, 0.3) is 0 Å². The van der Waals surface area contributed by atoms with Crippen LogP contribution in [0, 0.1) is 0 Å². The van der Waals surface area contributed by atoms with Crippen molar-refractivity contribution in [2.45, 2.75) is 44.6 Å². The summed E-state index contributed by atoms with van der Waals surface area (Å²) >= 11 is 0. The summed E-state index contributed by atoms with van der Waals surface area (Å²) in [5, 5.41) is 0. The van der Waals surface area contributed by atoms with Gasteiger partial charge in [-0.2, -0.15) is 0 Å². The van der Waals surface area contributed by atoms with Crippen LogP contribution in [0.15, 0.2) is 4.99 Å². The molecule has 2 heterocycles. The van der Waals surface area contributed by atoms with E-state index >= 15 is 0 Å². The Labute approximate surface area is 97.9 Å². The summed E-state index contributed by atoms with van der Waals surface area (Å²) < 4.78 is 5.70. The maximum Gasteiger partial charge on any atom is 0.191 e. The van der Waals surface area contributed by atoms with Crippen molar-refractivity contribution in [3.63, 3.8) is 0 Å². The Balaban J connectivity index is 1.85. The van der Waals surface area contributed by atoms with Gasteiger partial charge >= 0.3 is 0 Å². The van der Waals surface area contributed by atoms with E-state index in [0.717, 1.165) is 32.5 Å². The van der Waals surface area contributed by atoms with Gasteiger partial charge in [0.1, 0.15) is 0 Å². The molecule has 2 N–H and O–H groups in total. The molecule has 2 fully saturated rings. The molecule has 0 saturated carbocycles. The van der Waals surface area contributed by atoms with Crippen molar-refractivity contribution in [3.8, 4) is 0 Å². The summed E-state index contributed by atoms with van der Waals surface area (Å²) in [6.45, 7) is 5.83. The van der Waals surface area contributed by atoms with Crippen LogP contribution in [0.4, 0.5) is 0 Å². The number of aliphatic imine (C=N–C) groups is 1. The first-order valence-corrected chi connectivity index (χ1v) is 6.38. The lowest BCUT2D eigenvalue weighted by Gasteiger charge is -2.28. The van der Waals surface area contributed by atoms with Crippen molar-refractivity contribution in [1.29, 1.82) is 0 Å². The van der Waals surface area contributed by atoms with E-state index in [9.17, 15) is 0 Å². The van der Waals surface area contributed by atoms with Gasteiger partial charge in [0.15, 0.2) is 5.96 Å². The monoisotopic (exact) mass is 225 g/mol. The Kier molecular flexibility index (Phi) is 3.69. The summed E-state index contributed by atoms with van der Waals surface area (Å²) in [6, 6.07) is 0. The minimum atomic E-state index is -0.0690. The van der Waals surface area contributed by atoms with Crippen LogP contribution < -0.4 is 5.73 Å². The van der Waals surface area contributed by atoms with Crippen molar-refractivity contribution in [3.05, 3.63) is 0 Å². The van der Waals surface area contributed by atoms with Gasteiger partial charge in [0.05, 0.1) is 12.1 Å². The predicted molar refractivity (Wildman–Crippen MR) is 65.5 cm³/mol. The molecule has 92 valence electrons. The zero-order valence-corrected chi connectivity index (χ0v) is 10.2. The van der Waals surface area contributed by atoms with Gasteiger partial charge in [-0.1, -0.05) is 0 Å². The Morgan fingerprint density at radius 3 is 2.69 bits per heavy atom. The molecule has 0 aromatic carbocycles. The number of likely N-dealkylation sites (tertiary alicyclic amines) is 1. The van der Waals surface area contributed by atoms with Crippen molar-refractivity contribution < 1.29 is 4.74 Å². The Morgan fingerprint density at radius 1 is 1.31 bits per heavy atom. The van der Waals surface area contributed by atoms with Gasteiger partial charge < -0.3 is 15.4 Å². The number of hydrogen-bond acceptors (Lipinski definition) is 2. The predicted octanol–water partition coefficient (Wildman–Crippen LogP) is 1.36. The van der Waals surface area contributed by atoms with E-state index in [1.54, 1.807) is 0 Å². The van der Waals surface area contributed by atoms with Gasteiger partial charge in [0, 0.05) is 19.7 Å². The van der Waals surface area contributed by atoms with Gasteiger partial charge in [-0.3, -0.25) is 4.99 Å². The van der Waals surface area contributed by atoms with Crippen LogP contribution in [-0.4, -0.2) is 42.7 Å².